The van der Waals surface area contributed by atoms with Crippen LogP contribution >= 0.6 is 0 Å². The molecule has 6 nitrogen and oxygen atoms in total. The molecule has 1 aliphatic rings. The Hall–Kier alpha value is -2.37. The molecule has 122 valence electrons. The normalized spacial score (nSPS) is 18.0. The molecular formula is C17H23N5O. The summed E-state index contributed by atoms with van der Waals surface area (Å²) in [5.74, 6) is 1.22. The second-order valence-corrected chi connectivity index (χ2v) is 6.23. The van der Waals surface area contributed by atoms with Gasteiger partial charge in [0.05, 0.1) is 0 Å². The van der Waals surface area contributed by atoms with E-state index in [1.54, 1.807) is 6.33 Å². The molecule has 0 spiro atoms. The minimum absolute atomic E-state index is 0.00237. The third-order valence-electron chi connectivity index (χ3n) is 4.38. The van der Waals surface area contributed by atoms with E-state index in [4.69, 9.17) is 0 Å². The Kier molecular flexibility index (Phi) is 4.60. The predicted molar refractivity (Wildman–Crippen MR) is 88.0 cm³/mol. The molecule has 2 aromatic rings. The van der Waals surface area contributed by atoms with E-state index in [1.807, 2.05) is 28.6 Å². The standard InChI is InChI=1S/C17H23N5O/c1-13-5-7-14(8-6-13)10-18-17(23)22-9-3-4-15(11-22)16-20-19-12-21(16)2/h5-8,12,15H,3-4,9-11H2,1-2H3,(H,18,23)/t15-/m0/s1. The zero-order valence-corrected chi connectivity index (χ0v) is 13.7. The van der Waals surface area contributed by atoms with Crippen molar-refractivity contribution in [1.82, 2.24) is 25.0 Å². The number of nitrogens with one attached hydrogen (secondary N) is 1. The van der Waals surface area contributed by atoms with E-state index in [9.17, 15) is 4.79 Å². The number of nitrogens with zero attached hydrogens (tertiary/aromatic N) is 4. The molecule has 0 saturated carbocycles. The Labute approximate surface area is 136 Å². The lowest BCUT2D eigenvalue weighted by Crippen LogP contribution is -2.45. The summed E-state index contributed by atoms with van der Waals surface area (Å²) >= 11 is 0. The molecule has 1 saturated heterocycles. The number of urea groups is 1. The van der Waals surface area contributed by atoms with E-state index in [0.29, 0.717) is 13.1 Å². The van der Waals surface area contributed by atoms with E-state index in [-0.39, 0.29) is 11.9 Å². The van der Waals surface area contributed by atoms with Crippen molar-refractivity contribution in [2.75, 3.05) is 13.1 Å². The quantitative estimate of drug-likeness (QED) is 0.945. The van der Waals surface area contributed by atoms with Crippen molar-refractivity contribution >= 4 is 6.03 Å². The van der Waals surface area contributed by atoms with Crippen molar-refractivity contribution < 1.29 is 4.79 Å². The molecule has 0 aliphatic carbocycles. The van der Waals surface area contributed by atoms with Crippen LogP contribution in [0.15, 0.2) is 30.6 Å². The van der Waals surface area contributed by atoms with Gasteiger partial charge < -0.3 is 14.8 Å². The number of carbonyl (C=O) groups is 1. The molecule has 3 rings (SSSR count). The number of amides is 2. The van der Waals surface area contributed by atoms with E-state index >= 15 is 0 Å². The monoisotopic (exact) mass is 313 g/mol. The van der Waals surface area contributed by atoms with Gasteiger partial charge in [-0.3, -0.25) is 0 Å². The van der Waals surface area contributed by atoms with Crippen molar-refractivity contribution in [3.05, 3.63) is 47.5 Å². The fraction of sp³-hybridized carbons (Fsp3) is 0.471. The number of piperidine rings is 1. The fourth-order valence-electron chi connectivity index (χ4n) is 3.03. The summed E-state index contributed by atoms with van der Waals surface area (Å²) in [5, 5.41) is 11.1. The fourth-order valence-corrected chi connectivity index (χ4v) is 3.03. The highest BCUT2D eigenvalue weighted by molar-refractivity contribution is 5.74. The molecule has 1 aromatic heterocycles. The first-order chi connectivity index (χ1) is 11.1. The highest BCUT2D eigenvalue weighted by Crippen LogP contribution is 2.24. The first-order valence-electron chi connectivity index (χ1n) is 8.05. The van der Waals surface area contributed by atoms with Crippen LogP contribution in [0.4, 0.5) is 4.79 Å². The molecule has 0 bridgehead atoms. The molecule has 2 heterocycles. The Morgan fingerprint density at radius 1 is 1.35 bits per heavy atom. The van der Waals surface area contributed by atoms with Crippen LogP contribution in [0.25, 0.3) is 0 Å². The average Bonchev–Trinajstić information content (AvgIpc) is 3.00. The van der Waals surface area contributed by atoms with E-state index < -0.39 is 0 Å². The summed E-state index contributed by atoms with van der Waals surface area (Å²) in [4.78, 5) is 14.3. The maximum Gasteiger partial charge on any atom is 0.317 e. The van der Waals surface area contributed by atoms with E-state index in [1.165, 1.54) is 5.56 Å². The number of hydrogen-bond donors (Lipinski definition) is 1. The Morgan fingerprint density at radius 2 is 2.13 bits per heavy atom. The minimum Gasteiger partial charge on any atom is -0.334 e. The van der Waals surface area contributed by atoms with Gasteiger partial charge in [-0.15, -0.1) is 10.2 Å². The first kappa shape index (κ1) is 15.5. The lowest BCUT2D eigenvalue weighted by Gasteiger charge is -2.32. The summed E-state index contributed by atoms with van der Waals surface area (Å²) in [6.45, 7) is 4.12. The number of aryl methyl sites for hydroxylation is 2. The summed E-state index contributed by atoms with van der Waals surface area (Å²) in [6.07, 6.45) is 3.76. The molecule has 1 fully saturated rings. The molecule has 6 heteroatoms. The second-order valence-electron chi connectivity index (χ2n) is 6.23. The maximum atomic E-state index is 12.4. The van der Waals surface area contributed by atoms with Crippen LogP contribution in [-0.4, -0.2) is 38.8 Å². The highest BCUT2D eigenvalue weighted by atomic mass is 16.2. The highest BCUT2D eigenvalue weighted by Gasteiger charge is 2.27. The third kappa shape index (κ3) is 3.70. The lowest BCUT2D eigenvalue weighted by atomic mass is 9.97. The summed E-state index contributed by atoms with van der Waals surface area (Å²) in [7, 11) is 1.95. The van der Waals surface area contributed by atoms with E-state index in [2.05, 4.69) is 34.6 Å². The Morgan fingerprint density at radius 3 is 2.83 bits per heavy atom. The molecule has 1 aromatic carbocycles. The Balaban J connectivity index is 1.56. The molecule has 0 unspecified atom stereocenters. The lowest BCUT2D eigenvalue weighted by molar-refractivity contribution is 0.177. The third-order valence-corrected chi connectivity index (χ3v) is 4.38. The van der Waals surface area contributed by atoms with Crippen molar-refractivity contribution in [2.45, 2.75) is 32.2 Å². The van der Waals surface area contributed by atoms with Gasteiger partial charge in [0.25, 0.3) is 0 Å². The van der Waals surface area contributed by atoms with Crippen LogP contribution in [0.5, 0.6) is 0 Å². The van der Waals surface area contributed by atoms with Gasteiger partial charge in [0.2, 0.25) is 0 Å². The SMILES string of the molecule is Cc1ccc(CNC(=O)N2CCC[C@H](c3nncn3C)C2)cc1. The largest absolute Gasteiger partial charge is 0.334 e. The van der Waals surface area contributed by atoms with Gasteiger partial charge in [0.1, 0.15) is 12.2 Å². The zero-order valence-electron chi connectivity index (χ0n) is 13.7. The number of hydrogen-bond acceptors (Lipinski definition) is 3. The topological polar surface area (TPSA) is 63.1 Å². The second kappa shape index (κ2) is 6.81. The van der Waals surface area contributed by atoms with Crippen molar-refractivity contribution in [3.63, 3.8) is 0 Å². The molecule has 2 amide bonds. The van der Waals surface area contributed by atoms with Crippen LogP contribution in [0.2, 0.25) is 0 Å². The van der Waals surface area contributed by atoms with Gasteiger partial charge in [0.15, 0.2) is 0 Å². The predicted octanol–water partition coefficient (Wildman–Crippen LogP) is 2.21. The number of likely N-dealkylation sites (tertiary alicyclic amines) is 1. The van der Waals surface area contributed by atoms with Crippen molar-refractivity contribution in [1.29, 1.82) is 0 Å². The number of carbonyl (C=O) groups excluding carboxylic acids is 1. The average molecular weight is 313 g/mol. The summed E-state index contributed by atoms with van der Waals surface area (Å²) < 4.78 is 1.94. The van der Waals surface area contributed by atoms with E-state index in [0.717, 1.165) is 30.8 Å². The number of benzene rings is 1. The Bertz CT molecular complexity index is 664. The van der Waals surface area contributed by atoms with Crippen LogP contribution in [0.1, 0.15) is 35.7 Å². The van der Waals surface area contributed by atoms with Crippen LogP contribution in [-0.2, 0) is 13.6 Å². The molecule has 23 heavy (non-hydrogen) atoms. The molecule has 1 N–H and O–H groups in total. The number of aromatic nitrogens is 3. The number of rotatable bonds is 3. The van der Waals surface area contributed by atoms with Crippen molar-refractivity contribution in [3.8, 4) is 0 Å². The minimum atomic E-state index is -0.00237. The molecular weight excluding hydrogens is 290 g/mol. The van der Waals surface area contributed by atoms with Crippen molar-refractivity contribution in [2.24, 2.45) is 7.05 Å². The van der Waals surface area contributed by atoms with Gasteiger partial charge in [0, 0.05) is 32.6 Å². The first-order valence-corrected chi connectivity index (χ1v) is 8.05. The molecule has 1 atom stereocenters. The zero-order chi connectivity index (χ0) is 16.2. The van der Waals surface area contributed by atoms with Gasteiger partial charge in [-0.1, -0.05) is 29.8 Å². The molecule has 0 radical (unpaired) electrons. The van der Waals surface area contributed by atoms with Gasteiger partial charge in [-0.05, 0) is 25.3 Å². The van der Waals surface area contributed by atoms with Gasteiger partial charge >= 0.3 is 6.03 Å². The van der Waals surface area contributed by atoms with Crippen LogP contribution in [0, 0.1) is 6.92 Å². The van der Waals surface area contributed by atoms with Crippen LogP contribution in [0.3, 0.4) is 0 Å². The molecule has 1 aliphatic heterocycles. The smallest absolute Gasteiger partial charge is 0.317 e. The maximum absolute atomic E-state index is 12.4. The summed E-state index contributed by atoms with van der Waals surface area (Å²) in [5.41, 5.74) is 2.34. The van der Waals surface area contributed by atoms with Crippen LogP contribution < -0.4 is 5.32 Å². The summed E-state index contributed by atoms with van der Waals surface area (Å²) in [6, 6.07) is 8.22. The van der Waals surface area contributed by atoms with Gasteiger partial charge in [-0.2, -0.15) is 0 Å². The van der Waals surface area contributed by atoms with Gasteiger partial charge in [-0.25, -0.2) is 4.79 Å².